The fraction of sp³-hybridized carbons (Fsp3) is 0.115. The minimum absolute atomic E-state index is 0.0229. The quantitative estimate of drug-likeness (QED) is 0.173. The average Bonchev–Trinajstić information content (AvgIpc) is 3.38. The Hall–Kier alpha value is -4.09. The first kappa shape index (κ1) is 26.0. The van der Waals surface area contributed by atoms with Crippen LogP contribution in [0.15, 0.2) is 82.6 Å². The number of halogens is 1. The molecule has 11 heteroatoms. The van der Waals surface area contributed by atoms with Crippen LogP contribution in [0.4, 0.5) is 16.5 Å². The molecule has 37 heavy (non-hydrogen) atoms. The van der Waals surface area contributed by atoms with Gasteiger partial charge in [-0.05, 0) is 54.1 Å². The predicted molar refractivity (Wildman–Crippen MR) is 145 cm³/mol. The van der Waals surface area contributed by atoms with Crippen LogP contribution in [0.25, 0.3) is 11.3 Å². The number of aromatic nitrogens is 1. The number of hydrogen-bond acceptors (Lipinski definition) is 7. The van der Waals surface area contributed by atoms with E-state index in [1.165, 1.54) is 23.5 Å². The van der Waals surface area contributed by atoms with Crippen molar-refractivity contribution in [1.29, 1.82) is 0 Å². The van der Waals surface area contributed by atoms with E-state index < -0.39 is 10.9 Å². The molecule has 4 aromatic rings. The molecule has 0 saturated heterocycles. The number of benzene rings is 3. The number of amides is 1. The third kappa shape index (κ3) is 6.78. The molecule has 0 fully saturated rings. The van der Waals surface area contributed by atoms with Gasteiger partial charge in [0.15, 0.2) is 5.13 Å². The maximum Gasteiger partial charge on any atom is 0.305 e. The molecule has 0 spiro atoms. The van der Waals surface area contributed by atoms with Gasteiger partial charge in [0.05, 0.1) is 23.6 Å². The van der Waals surface area contributed by atoms with Gasteiger partial charge in [0.1, 0.15) is 0 Å². The van der Waals surface area contributed by atoms with Crippen LogP contribution in [0.2, 0.25) is 0 Å². The van der Waals surface area contributed by atoms with E-state index in [1.54, 1.807) is 24.3 Å². The molecule has 188 valence electrons. The second-order valence-electron chi connectivity index (χ2n) is 7.98. The lowest BCUT2D eigenvalue weighted by Crippen LogP contribution is -2.26. The number of non-ortho nitro benzene ring substituents is 1. The summed E-state index contributed by atoms with van der Waals surface area (Å²) in [4.78, 5) is 40.3. The number of aliphatic carboxylic acids is 1. The number of thiazole rings is 1. The zero-order valence-corrected chi connectivity index (χ0v) is 21.7. The third-order valence-corrected chi connectivity index (χ3v) is 6.81. The Morgan fingerprint density at radius 3 is 2.32 bits per heavy atom. The fourth-order valence-electron chi connectivity index (χ4n) is 3.49. The Kier molecular flexibility index (Phi) is 8.26. The number of carboxylic acid groups (broad SMARTS) is 1. The van der Waals surface area contributed by atoms with Gasteiger partial charge in [-0.25, -0.2) is 4.98 Å². The van der Waals surface area contributed by atoms with Crippen molar-refractivity contribution in [3.8, 4) is 11.3 Å². The summed E-state index contributed by atoms with van der Waals surface area (Å²) >= 11 is 4.92. The van der Waals surface area contributed by atoms with Gasteiger partial charge in [0.2, 0.25) is 0 Å². The van der Waals surface area contributed by atoms with Crippen molar-refractivity contribution in [2.24, 2.45) is 0 Å². The Morgan fingerprint density at radius 1 is 1.03 bits per heavy atom. The van der Waals surface area contributed by atoms with Crippen molar-refractivity contribution < 1.29 is 19.6 Å². The standard InChI is InChI=1S/C26H21BrN4O5S/c27-20-7-11-21(12-8-20)30(15-17-1-3-19(4-2-17)25(34)28-14-13-24(32)33)26-29-23(16-37-26)18-5-9-22(10-6-18)31(35)36/h1-12,16H,13-15H2,(H,28,34)(H,32,33). The van der Waals surface area contributed by atoms with E-state index in [9.17, 15) is 19.7 Å². The van der Waals surface area contributed by atoms with E-state index in [0.29, 0.717) is 17.8 Å². The van der Waals surface area contributed by atoms with Crippen molar-refractivity contribution in [3.05, 3.63) is 104 Å². The highest BCUT2D eigenvalue weighted by Crippen LogP contribution is 2.34. The molecule has 4 rings (SSSR count). The molecule has 1 amide bonds. The van der Waals surface area contributed by atoms with Crippen LogP contribution in [0.5, 0.6) is 0 Å². The maximum absolute atomic E-state index is 12.3. The average molecular weight is 581 g/mol. The number of nitrogens with zero attached hydrogens (tertiary/aromatic N) is 3. The van der Waals surface area contributed by atoms with E-state index in [-0.39, 0.29) is 24.6 Å². The summed E-state index contributed by atoms with van der Waals surface area (Å²) < 4.78 is 0.945. The highest BCUT2D eigenvalue weighted by atomic mass is 79.9. The molecule has 2 N–H and O–H groups in total. The van der Waals surface area contributed by atoms with Gasteiger partial charge in [0, 0.05) is 45.3 Å². The second kappa shape index (κ2) is 11.8. The normalized spacial score (nSPS) is 10.6. The van der Waals surface area contributed by atoms with E-state index in [4.69, 9.17) is 10.1 Å². The number of carboxylic acids is 1. The highest BCUT2D eigenvalue weighted by Gasteiger charge is 2.16. The summed E-state index contributed by atoms with van der Waals surface area (Å²) in [6.07, 6.45) is -0.137. The molecule has 0 unspecified atom stereocenters. The molecule has 0 bridgehead atoms. The molecule has 1 aromatic heterocycles. The lowest BCUT2D eigenvalue weighted by Gasteiger charge is -2.22. The number of carbonyl (C=O) groups excluding carboxylic acids is 1. The lowest BCUT2D eigenvalue weighted by atomic mass is 10.1. The SMILES string of the molecule is O=C(O)CCNC(=O)c1ccc(CN(c2ccc(Br)cc2)c2nc(-c3ccc([N+](=O)[O-])cc3)cs2)cc1. The van der Waals surface area contributed by atoms with Crippen LogP contribution in [0, 0.1) is 10.1 Å². The predicted octanol–water partition coefficient (Wildman–Crippen LogP) is 6.02. The summed E-state index contributed by atoms with van der Waals surface area (Å²) in [5, 5.41) is 24.9. The van der Waals surface area contributed by atoms with Crippen LogP contribution >= 0.6 is 27.3 Å². The lowest BCUT2D eigenvalue weighted by molar-refractivity contribution is -0.384. The summed E-state index contributed by atoms with van der Waals surface area (Å²) in [5.41, 5.74) is 3.82. The molecular weight excluding hydrogens is 560 g/mol. The number of hydrogen-bond donors (Lipinski definition) is 2. The summed E-state index contributed by atoms with van der Waals surface area (Å²) in [7, 11) is 0. The molecule has 0 atom stereocenters. The molecule has 0 aliphatic rings. The van der Waals surface area contributed by atoms with Gasteiger partial charge in [0.25, 0.3) is 11.6 Å². The monoisotopic (exact) mass is 580 g/mol. The van der Waals surface area contributed by atoms with Crippen LogP contribution in [0.3, 0.4) is 0 Å². The fourth-order valence-corrected chi connectivity index (χ4v) is 4.61. The smallest absolute Gasteiger partial charge is 0.305 e. The van der Waals surface area contributed by atoms with E-state index in [2.05, 4.69) is 21.2 Å². The topological polar surface area (TPSA) is 126 Å². The zero-order chi connectivity index (χ0) is 26.4. The minimum Gasteiger partial charge on any atom is -0.481 e. The van der Waals surface area contributed by atoms with Gasteiger partial charge in [-0.1, -0.05) is 28.1 Å². The van der Waals surface area contributed by atoms with Crippen LogP contribution in [0.1, 0.15) is 22.3 Å². The Bertz CT molecular complexity index is 1410. The zero-order valence-electron chi connectivity index (χ0n) is 19.3. The Balaban J connectivity index is 1.56. The van der Waals surface area contributed by atoms with Crippen molar-refractivity contribution in [3.63, 3.8) is 0 Å². The molecule has 0 aliphatic carbocycles. The second-order valence-corrected chi connectivity index (χ2v) is 9.73. The summed E-state index contributed by atoms with van der Waals surface area (Å²) in [6, 6.07) is 21.2. The Labute approximate surface area is 224 Å². The first-order valence-electron chi connectivity index (χ1n) is 11.1. The summed E-state index contributed by atoms with van der Waals surface area (Å²) in [6.45, 7) is 0.546. The first-order valence-corrected chi connectivity index (χ1v) is 12.8. The molecule has 1 heterocycles. The number of nitro groups is 1. The van der Waals surface area contributed by atoms with Crippen molar-refractivity contribution in [2.45, 2.75) is 13.0 Å². The first-order chi connectivity index (χ1) is 17.8. The van der Waals surface area contributed by atoms with Crippen LogP contribution < -0.4 is 10.2 Å². The van der Waals surface area contributed by atoms with Gasteiger partial charge in [-0.3, -0.25) is 19.7 Å². The molecule has 0 saturated carbocycles. The van der Waals surface area contributed by atoms with Gasteiger partial charge in [-0.2, -0.15) is 0 Å². The van der Waals surface area contributed by atoms with E-state index >= 15 is 0 Å². The molecule has 3 aromatic carbocycles. The maximum atomic E-state index is 12.3. The third-order valence-electron chi connectivity index (χ3n) is 5.42. The van der Waals surface area contributed by atoms with Crippen molar-refractivity contribution in [1.82, 2.24) is 10.3 Å². The minimum atomic E-state index is -0.970. The van der Waals surface area contributed by atoms with E-state index in [1.807, 2.05) is 46.7 Å². The highest BCUT2D eigenvalue weighted by molar-refractivity contribution is 9.10. The molecule has 9 nitrogen and oxygen atoms in total. The van der Waals surface area contributed by atoms with Gasteiger partial charge in [-0.15, -0.1) is 11.3 Å². The van der Waals surface area contributed by atoms with Crippen molar-refractivity contribution in [2.75, 3.05) is 11.4 Å². The van der Waals surface area contributed by atoms with Gasteiger partial charge < -0.3 is 15.3 Å². The molecular formula is C26H21BrN4O5S. The number of anilines is 2. The number of rotatable bonds is 10. The summed E-state index contributed by atoms with van der Waals surface area (Å²) in [5.74, 6) is -1.30. The largest absolute Gasteiger partial charge is 0.481 e. The molecule has 0 radical (unpaired) electrons. The van der Waals surface area contributed by atoms with E-state index in [0.717, 1.165) is 26.4 Å². The van der Waals surface area contributed by atoms with Crippen LogP contribution in [-0.2, 0) is 11.3 Å². The van der Waals surface area contributed by atoms with Crippen molar-refractivity contribution >= 4 is 55.6 Å². The molecule has 0 aliphatic heterocycles. The number of nitro benzene ring substituents is 1. The Morgan fingerprint density at radius 2 is 1.70 bits per heavy atom. The van der Waals surface area contributed by atoms with Gasteiger partial charge >= 0.3 is 5.97 Å². The number of carbonyl (C=O) groups is 2. The van der Waals surface area contributed by atoms with Crippen LogP contribution in [-0.4, -0.2) is 33.4 Å². The number of nitrogens with one attached hydrogen (secondary N) is 1.